The van der Waals surface area contributed by atoms with Crippen molar-refractivity contribution in [1.82, 2.24) is 40.4 Å². The van der Waals surface area contributed by atoms with Gasteiger partial charge in [0, 0.05) is 35.8 Å². The van der Waals surface area contributed by atoms with Crippen molar-refractivity contribution >= 4 is 41.3 Å². The van der Waals surface area contributed by atoms with Crippen molar-refractivity contribution in [2.24, 2.45) is 23.7 Å². The standard InChI is InChI=1S/C42H46Cl2N8O5/c1-56-41(54)45-28(22-7-8-22)19-51-29-15-26(29)17-31(51)38-46-33(36(43)49-38)23-9-3-20(4-10-23)21-5-11-24(12-6-21)34-37(44)50-39(47-34)32-18-27-16-30(27)52(32)40(53)35(25-13-14-25)48-42(55)57-2/h3-6,9-12,22,25-32,35H,7-8,13-19H2,1-2H3,(H,45,54)(H,46,49)(H,47,50)(H,48,55)/t26-,27-,28-,29-,30-,31+,32+,35+/m1/s1. The highest BCUT2D eigenvalue weighted by Crippen LogP contribution is 2.55. The molecule has 4 aliphatic carbocycles. The summed E-state index contributed by atoms with van der Waals surface area (Å²) >= 11 is 13.6. The van der Waals surface area contributed by atoms with Crippen LogP contribution in [0.4, 0.5) is 9.59 Å². The number of aromatic nitrogens is 4. The third-order valence-corrected chi connectivity index (χ3v) is 13.7. The Bertz CT molecular complexity index is 2200. The Hall–Kier alpha value is -4.59. The van der Waals surface area contributed by atoms with E-state index in [1.807, 2.05) is 29.2 Å². The van der Waals surface area contributed by atoms with Crippen LogP contribution in [-0.4, -0.2) is 92.8 Å². The highest BCUT2D eigenvalue weighted by Gasteiger charge is 2.57. The van der Waals surface area contributed by atoms with Gasteiger partial charge in [-0.15, -0.1) is 0 Å². The number of halogens is 2. The summed E-state index contributed by atoms with van der Waals surface area (Å²) in [7, 11) is 2.73. The fraction of sp³-hybridized carbons (Fsp3) is 0.500. The molecule has 2 aromatic heterocycles. The third kappa shape index (κ3) is 7.05. The fourth-order valence-electron chi connectivity index (χ4n) is 9.58. The second kappa shape index (κ2) is 14.4. The SMILES string of the molecule is COC(=O)N[C@H](C(=O)N1[C@@H]2C[C@@H]2C[C@H]1c1nc(-c2ccc(-c3ccc(-c4nc([C@@H]5C[C@H]6C[C@H]6N5C[C@@H](NC(=O)OC)C5CC5)[nH]c4Cl)cc3)cc2)c(Cl)[nH]1)C1CC1. The molecule has 298 valence electrons. The van der Waals surface area contributed by atoms with Crippen molar-refractivity contribution in [2.45, 2.75) is 87.6 Å². The smallest absolute Gasteiger partial charge is 0.407 e. The molecular formula is C42H46Cl2N8O5. The van der Waals surface area contributed by atoms with E-state index in [2.05, 4.69) is 49.8 Å². The van der Waals surface area contributed by atoms with Crippen LogP contribution in [0.1, 0.15) is 75.1 Å². The van der Waals surface area contributed by atoms with E-state index in [0.717, 1.165) is 85.3 Å². The number of rotatable bonds is 12. The zero-order valence-electron chi connectivity index (χ0n) is 31.8. The average molecular weight is 814 g/mol. The van der Waals surface area contributed by atoms with Crippen molar-refractivity contribution in [3.63, 3.8) is 0 Å². The predicted octanol–water partition coefficient (Wildman–Crippen LogP) is 7.51. The van der Waals surface area contributed by atoms with Crippen LogP contribution in [-0.2, 0) is 14.3 Å². The number of carbonyl (C=O) groups is 3. The summed E-state index contributed by atoms with van der Waals surface area (Å²) in [5.41, 5.74) is 5.24. The second-order valence-corrected chi connectivity index (χ2v) is 17.6. The molecule has 4 heterocycles. The number of aromatic amines is 2. The van der Waals surface area contributed by atoms with Gasteiger partial charge in [-0.1, -0.05) is 71.7 Å². The second-order valence-electron chi connectivity index (χ2n) is 16.8. The monoisotopic (exact) mass is 812 g/mol. The van der Waals surface area contributed by atoms with Gasteiger partial charge in [0.1, 0.15) is 39.4 Å². The van der Waals surface area contributed by atoms with Gasteiger partial charge in [0.2, 0.25) is 5.91 Å². The Kier molecular flexibility index (Phi) is 9.25. The zero-order valence-corrected chi connectivity index (χ0v) is 33.4. The molecule has 2 aromatic carbocycles. The number of imidazole rings is 2. The van der Waals surface area contributed by atoms with E-state index in [-0.39, 0.29) is 42.1 Å². The van der Waals surface area contributed by atoms with Crippen LogP contribution in [0.25, 0.3) is 33.6 Å². The van der Waals surface area contributed by atoms with Gasteiger partial charge in [-0.2, -0.15) is 0 Å². The summed E-state index contributed by atoms with van der Waals surface area (Å²) in [5, 5.41) is 6.81. The number of nitrogens with one attached hydrogen (secondary N) is 4. The normalized spacial score (nSPS) is 27.0. The van der Waals surface area contributed by atoms with Crippen molar-refractivity contribution in [3.8, 4) is 33.6 Å². The number of hydrogen-bond acceptors (Lipinski definition) is 8. The van der Waals surface area contributed by atoms with E-state index in [4.69, 9.17) is 42.6 Å². The number of ether oxygens (including phenoxy) is 2. The Labute approximate surface area is 340 Å². The number of hydrogen-bond donors (Lipinski definition) is 4. The van der Waals surface area contributed by atoms with Gasteiger partial charge in [0.15, 0.2) is 0 Å². The Morgan fingerprint density at radius 2 is 1.19 bits per heavy atom. The van der Waals surface area contributed by atoms with E-state index in [9.17, 15) is 14.4 Å². The van der Waals surface area contributed by atoms with Gasteiger partial charge in [-0.25, -0.2) is 19.6 Å². The fourth-order valence-corrected chi connectivity index (χ4v) is 10.1. The number of likely N-dealkylation sites (tertiary alicyclic amines) is 2. The number of amides is 3. The number of fused-ring (bicyclic) bond motifs is 2. The molecule has 2 aliphatic heterocycles. The van der Waals surface area contributed by atoms with Crippen LogP contribution in [0.5, 0.6) is 0 Å². The first-order chi connectivity index (χ1) is 27.7. The lowest BCUT2D eigenvalue weighted by Gasteiger charge is -2.30. The largest absolute Gasteiger partial charge is 0.453 e. The van der Waals surface area contributed by atoms with Gasteiger partial charge in [0.05, 0.1) is 26.3 Å². The van der Waals surface area contributed by atoms with Gasteiger partial charge < -0.3 is 35.0 Å². The topological polar surface area (TPSA) is 158 Å². The lowest BCUT2D eigenvalue weighted by Crippen LogP contribution is -2.50. The number of alkyl carbamates (subject to hydrolysis) is 2. The molecular weight excluding hydrogens is 767 g/mol. The molecule has 0 spiro atoms. The molecule has 15 heteroatoms. The minimum atomic E-state index is -0.595. The lowest BCUT2D eigenvalue weighted by molar-refractivity contribution is -0.136. The summed E-state index contributed by atoms with van der Waals surface area (Å²) in [4.78, 5) is 59.2. The van der Waals surface area contributed by atoms with E-state index in [1.165, 1.54) is 20.6 Å². The molecule has 6 fully saturated rings. The Balaban J connectivity index is 0.822. The Morgan fingerprint density at radius 3 is 1.75 bits per heavy atom. The first-order valence-corrected chi connectivity index (χ1v) is 20.9. The summed E-state index contributed by atoms with van der Waals surface area (Å²) in [6, 6.07) is 16.4. The molecule has 2 saturated heterocycles. The van der Waals surface area contributed by atoms with Crippen LogP contribution < -0.4 is 10.6 Å². The summed E-state index contributed by atoms with van der Waals surface area (Å²) in [6.07, 6.45) is 7.11. The predicted molar refractivity (Wildman–Crippen MR) is 213 cm³/mol. The maximum absolute atomic E-state index is 13.9. The number of carbonyl (C=O) groups excluding carboxylic acids is 3. The molecule has 4 aromatic rings. The highest BCUT2D eigenvalue weighted by atomic mass is 35.5. The minimum absolute atomic E-state index is 0.0638. The number of H-pyrrole nitrogens is 2. The van der Waals surface area contributed by atoms with E-state index in [1.54, 1.807) is 0 Å². The van der Waals surface area contributed by atoms with Crippen LogP contribution in [0, 0.1) is 23.7 Å². The highest BCUT2D eigenvalue weighted by molar-refractivity contribution is 6.32. The molecule has 4 N–H and O–H groups in total. The lowest BCUT2D eigenvalue weighted by atomic mass is 10.0. The van der Waals surface area contributed by atoms with Gasteiger partial charge in [-0.3, -0.25) is 9.69 Å². The van der Waals surface area contributed by atoms with Gasteiger partial charge >= 0.3 is 12.2 Å². The zero-order chi connectivity index (χ0) is 39.1. The Morgan fingerprint density at radius 1 is 0.702 bits per heavy atom. The first-order valence-electron chi connectivity index (χ1n) is 20.2. The number of nitrogens with zero attached hydrogens (tertiary/aromatic N) is 4. The number of methoxy groups -OCH3 is 2. The number of benzene rings is 2. The molecule has 4 saturated carbocycles. The van der Waals surface area contributed by atoms with Crippen molar-refractivity contribution in [2.75, 3.05) is 20.8 Å². The first kappa shape index (κ1) is 36.7. The molecule has 10 rings (SSSR count). The van der Waals surface area contributed by atoms with Crippen molar-refractivity contribution < 1.29 is 23.9 Å². The van der Waals surface area contributed by atoms with Crippen LogP contribution in [0.15, 0.2) is 48.5 Å². The molecule has 57 heavy (non-hydrogen) atoms. The van der Waals surface area contributed by atoms with E-state index >= 15 is 0 Å². The van der Waals surface area contributed by atoms with Gasteiger partial charge in [0.25, 0.3) is 0 Å². The summed E-state index contributed by atoms with van der Waals surface area (Å²) in [5.74, 6) is 3.17. The van der Waals surface area contributed by atoms with Crippen LogP contribution >= 0.6 is 23.2 Å². The van der Waals surface area contributed by atoms with E-state index < -0.39 is 12.1 Å². The average Bonchev–Trinajstić information content (AvgIpc) is 4.10. The van der Waals surface area contributed by atoms with E-state index in [0.29, 0.717) is 45.6 Å². The maximum Gasteiger partial charge on any atom is 0.407 e. The third-order valence-electron chi connectivity index (χ3n) is 13.1. The van der Waals surface area contributed by atoms with Crippen molar-refractivity contribution in [3.05, 3.63) is 70.5 Å². The summed E-state index contributed by atoms with van der Waals surface area (Å²) in [6.45, 7) is 0.777. The summed E-state index contributed by atoms with van der Waals surface area (Å²) < 4.78 is 9.75. The maximum atomic E-state index is 13.9. The van der Waals surface area contributed by atoms with Crippen LogP contribution in [0.3, 0.4) is 0 Å². The molecule has 3 amide bonds. The van der Waals surface area contributed by atoms with Crippen LogP contribution in [0.2, 0.25) is 10.3 Å². The van der Waals surface area contributed by atoms with Crippen molar-refractivity contribution in [1.29, 1.82) is 0 Å². The number of piperidine rings is 2. The van der Waals surface area contributed by atoms with Gasteiger partial charge in [-0.05, 0) is 86.2 Å². The molecule has 0 unspecified atom stereocenters. The molecule has 8 atom stereocenters. The molecule has 0 radical (unpaired) electrons. The quantitative estimate of drug-likeness (QED) is 0.115. The molecule has 6 aliphatic rings. The molecule has 0 bridgehead atoms. The molecule has 13 nitrogen and oxygen atoms in total. The minimum Gasteiger partial charge on any atom is -0.453 e.